The Morgan fingerprint density at radius 1 is 1.46 bits per heavy atom. The van der Waals surface area contributed by atoms with Crippen molar-refractivity contribution in [2.24, 2.45) is 5.92 Å². The Hall–Kier alpha value is 0.270. The molecule has 1 saturated heterocycles. The van der Waals surface area contributed by atoms with Gasteiger partial charge in [0.1, 0.15) is 0 Å². The quantitative estimate of drug-likeness (QED) is 0.735. The van der Waals surface area contributed by atoms with E-state index in [0.29, 0.717) is 12.1 Å². The van der Waals surface area contributed by atoms with Crippen molar-refractivity contribution in [2.75, 3.05) is 25.2 Å². The third-order valence-corrected chi connectivity index (χ3v) is 3.77. The molecule has 0 radical (unpaired) electrons. The molecule has 3 heteroatoms. The van der Waals surface area contributed by atoms with Gasteiger partial charge in [-0.05, 0) is 39.0 Å². The van der Waals surface area contributed by atoms with Crippen LogP contribution in [-0.4, -0.2) is 37.3 Å². The van der Waals surface area contributed by atoms with Gasteiger partial charge in [-0.3, -0.25) is 0 Å². The van der Waals surface area contributed by atoms with E-state index in [1.807, 2.05) is 0 Å². The molecule has 1 heterocycles. The third-order valence-electron chi connectivity index (χ3n) is 2.51. The zero-order valence-corrected chi connectivity index (χ0v) is 9.69. The topological polar surface area (TPSA) is 21.3 Å². The number of ether oxygens (including phenoxy) is 1. The smallest absolute Gasteiger partial charge is 0.0518 e. The third kappa shape index (κ3) is 3.88. The van der Waals surface area contributed by atoms with Gasteiger partial charge in [-0.1, -0.05) is 0 Å². The van der Waals surface area contributed by atoms with Crippen molar-refractivity contribution in [3.63, 3.8) is 0 Å². The van der Waals surface area contributed by atoms with Crippen LogP contribution >= 0.6 is 11.8 Å². The molecule has 1 rings (SSSR count). The van der Waals surface area contributed by atoms with E-state index in [4.69, 9.17) is 4.74 Å². The van der Waals surface area contributed by atoms with E-state index < -0.39 is 0 Å². The molecule has 0 aliphatic carbocycles. The summed E-state index contributed by atoms with van der Waals surface area (Å²) in [7, 11) is 2.06. The SMILES string of the molecule is CNC1CSCC1CCOC(C)C. The van der Waals surface area contributed by atoms with Crippen molar-refractivity contribution in [2.45, 2.75) is 32.4 Å². The molecule has 0 aromatic rings. The average Bonchev–Trinajstić information content (AvgIpc) is 2.51. The first-order chi connectivity index (χ1) is 6.24. The molecular weight excluding hydrogens is 182 g/mol. The molecular formula is C10H21NOS. The standard InChI is InChI=1S/C10H21NOS/c1-8(2)12-5-4-9-6-13-7-10(9)11-3/h8-11H,4-7H2,1-3H3. The van der Waals surface area contributed by atoms with Gasteiger partial charge < -0.3 is 10.1 Å². The molecule has 13 heavy (non-hydrogen) atoms. The normalized spacial score (nSPS) is 28.6. The van der Waals surface area contributed by atoms with Crippen LogP contribution in [0.4, 0.5) is 0 Å². The summed E-state index contributed by atoms with van der Waals surface area (Å²) in [5, 5.41) is 3.38. The Balaban J connectivity index is 2.13. The first-order valence-electron chi connectivity index (χ1n) is 5.10. The summed E-state index contributed by atoms with van der Waals surface area (Å²) in [5.41, 5.74) is 0. The van der Waals surface area contributed by atoms with Gasteiger partial charge in [0.05, 0.1) is 6.10 Å². The van der Waals surface area contributed by atoms with E-state index in [9.17, 15) is 0 Å². The zero-order valence-electron chi connectivity index (χ0n) is 8.88. The Morgan fingerprint density at radius 2 is 2.23 bits per heavy atom. The molecule has 1 fully saturated rings. The zero-order chi connectivity index (χ0) is 9.68. The summed E-state index contributed by atoms with van der Waals surface area (Å²) in [4.78, 5) is 0. The second-order valence-corrected chi connectivity index (χ2v) is 4.98. The Bertz CT molecular complexity index is 141. The maximum Gasteiger partial charge on any atom is 0.0518 e. The maximum atomic E-state index is 5.56. The lowest BCUT2D eigenvalue weighted by atomic mass is 10.0. The van der Waals surface area contributed by atoms with Crippen LogP contribution < -0.4 is 5.32 Å². The van der Waals surface area contributed by atoms with E-state index in [0.717, 1.165) is 12.5 Å². The summed E-state index contributed by atoms with van der Waals surface area (Å²) in [6, 6.07) is 0.709. The molecule has 2 atom stereocenters. The Kier molecular flexibility index (Phi) is 5.14. The highest BCUT2D eigenvalue weighted by Crippen LogP contribution is 2.26. The largest absolute Gasteiger partial charge is 0.379 e. The van der Waals surface area contributed by atoms with Crippen LogP contribution in [0.15, 0.2) is 0 Å². The van der Waals surface area contributed by atoms with Crippen molar-refractivity contribution >= 4 is 11.8 Å². The van der Waals surface area contributed by atoms with E-state index >= 15 is 0 Å². The van der Waals surface area contributed by atoms with Crippen LogP contribution in [-0.2, 0) is 4.74 Å². The lowest BCUT2D eigenvalue weighted by Gasteiger charge is -2.18. The van der Waals surface area contributed by atoms with Crippen molar-refractivity contribution in [1.29, 1.82) is 0 Å². The second kappa shape index (κ2) is 5.89. The van der Waals surface area contributed by atoms with Crippen LogP contribution in [0.1, 0.15) is 20.3 Å². The molecule has 0 aromatic heterocycles. The Labute approximate surface area is 85.8 Å². The summed E-state index contributed by atoms with van der Waals surface area (Å²) in [6.45, 7) is 5.11. The van der Waals surface area contributed by atoms with E-state index in [1.54, 1.807) is 0 Å². The molecule has 0 amide bonds. The molecule has 1 aliphatic rings. The highest BCUT2D eigenvalue weighted by atomic mass is 32.2. The lowest BCUT2D eigenvalue weighted by molar-refractivity contribution is 0.0683. The van der Waals surface area contributed by atoms with E-state index in [-0.39, 0.29) is 0 Å². The van der Waals surface area contributed by atoms with Crippen molar-refractivity contribution in [3.8, 4) is 0 Å². The lowest BCUT2D eigenvalue weighted by Crippen LogP contribution is -2.33. The fourth-order valence-corrected chi connectivity index (χ4v) is 3.19. The second-order valence-electron chi connectivity index (χ2n) is 3.90. The van der Waals surface area contributed by atoms with Gasteiger partial charge in [-0.25, -0.2) is 0 Å². The van der Waals surface area contributed by atoms with Gasteiger partial charge in [-0.15, -0.1) is 0 Å². The van der Waals surface area contributed by atoms with Crippen LogP contribution in [0.3, 0.4) is 0 Å². The predicted molar refractivity (Wildman–Crippen MR) is 59.4 cm³/mol. The molecule has 2 nitrogen and oxygen atoms in total. The van der Waals surface area contributed by atoms with Crippen LogP contribution in [0.5, 0.6) is 0 Å². The van der Waals surface area contributed by atoms with Crippen molar-refractivity contribution < 1.29 is 4.74 Å². The first kappa shape index (κ1) is 11.3. The van der Waals surface area contributed by atoms with Gasteiger partial charge in [0.25, 0.3) is 0 Å². The summed E-state index contributed by atoms with van der Waals surface area (Å²) in [5.74, 6) is 3.38. The van der Waals surface area contributed by atoms with Gasteiger partial charge in [0.2, 0.25) is 0 Å². The first-order valence-corrected chi connectivity index (χ1v) is 6.26. The molecule has 0 saturated carbocycles. The van der Waals surface area contributed by atoms with Gasteiger partial charge in [0.15, 0.2) is 0 Å². The van der Waals surface area contributed by atoms with Crippen molar-refractivity contribution in [3.05, 3.63) is 0 Å². The number of rotatable bonds is 5. The van der Waals surface area contributed by atoms with Gasteiger partial charge in [0, 0.05) is 18.4 Å². The Morgan fingerprint density at radius 3 is 2.85 bits per heavy atom. The fraction of sp³-hybridized carbons (Fsp3) is 1.00. The maximum absolute atomic E-state index is 5.56. The predicted octanol–water partition coefficient (Wildman–Crippen LogP) is 1.75. The molecule has 1 N–H and O–H groups in total. The van der Waals surface area contributed by atoms with Crippen LogP contribution in [0.25, 0.3) is 0 Å². The number of hydrogen-bond donors (Lipinski definition) is 1. The van der Waals surface area contributed by atoms with Crippen LogP contribution in [0.2, 0.25) is 0 Å². The molecule has 0 aromatic carbocycles. The number of nitrogens with one attached hydrogen (secondary N) is 1. The van der Waals surface area contributed by atoms with Crippen LogP contribution in [0, 0.1) is 5.92 Å². The number of hydrogen-bond acceptors (Lipinski definition) is 3. The molecule has 2 unspecified atom stereocenters. The molecule has 0 spiro atoms. The minimum atomic E-state index is 0.377. The average molecular weight is 203 g/mol. The summed E-state index contributed by atoms with van der Waals surface area (Å²) in [6.07, 6.45) is 1.58. The minimum absolute atomic E-state index is 0.377. The molecule has 78 valence electrons. The summed E-state index contributed by atoms with van der Waals surface area (Å²) < 4.78 is 5.56. The van der Waals surface area contributed by atoms with E-state index in [1.165, 1.54) is 17.9 Å². The van der Waals surface area contributed by atoms with Gasteiger partial charge in [-0.2, -0.15) is 11.8 Å². The fourth-order valence-electron chi connectivity index (χ4n) is 1.66. The molecule has 0 bridgehead atoms. The van der Waals surface area contributed by atoms with E-state index in [2.05, 4.69) is 38.0 Å². The minimum Gasteiger partial charge on any atom is -0.379 e. The molecule has 1 aliphatic heterocycles. The monoisotopic (exact) mass is 203 g/mol. The summed E-state index contributed by atoms with van der Waals surface area (Å²) >= 11 is 2.06. The van der Waals surface area contributed by atoms with Gasteiger partial charge >= 0.3 is 0 Å². The van der Waals surface area contributed by atoms with Crippen molar-refractivity contribution in [1.82, 2.24) is 5.32 Å². The number of thioether (sulfide) groups is 1. The highest BCUT2D eigenvalue weighted by molar-refractivity contribution is 7.99. The highest BCUT2D eigenvalue weighted by Gasteiger charge is 2.25.